The molecule has 52 heavy (non-hydrogen) atoms. The maximum Gasteiger partial charge on any atom is 0.494 e. The van der Waals surface area contributed by atoms with Crippen molar-refractivity contribution in [2.24, 2.45) is 0 Å². The van der Waals surface area contributed by atoms with Gasteiger partial charge in [-0.25, -0.2) is 0 Å². The van der Waals surface area contributed by atoms with Crippen molar-refractivity contribution in [3.8, 4) is 0 Å². The molecule has 3 rings (SSSR count). The largest absolute Gasteiger partial charge is 0.494 e. The monoisotopic (exact) mass is 762 g/mol. The molecule has 0 saturated carbocycles. The second-order valence-corrected chi connectivity index (χ2v) is 15.4. The van der Waals surface area contributed by atoms with E-state index >= 15 is 0 Å². The quantitative estimate of drug-likeness (QED) is 0.0329. The van der Waals surface area contributed by atoms with Gasteiger partial charge >= 0.3 is 26.2 Å². The van der Waals surface area contributed by atoms with E-state index in [1.165, 1.54) is 77.0 Å². The zero-order valence-electron chi connectivity index (χ0n) is 32.0. The Bertz CT molecular complexity index is 972. The highest BCUT2D eigenvalue weighted by Crippen LogP contribution is 2.18. The molecule has 0 radical (unpaired) electrons. The molecule has 2 heterocycles. The number of carbonyl (C=O) groups is 2. The number of unbranched alkanes of at least 4 members (excludes halogenated alkanes) is 16. The summed E-state index contributed by atoms with van der Waals surface area (Å²) in [4.78, 5) is 24.1. The first-order valence-electron chi connectivity index (χ1n) is 20.8. The van der Waals surface area contributed by atoms with Gasteiger partial charge in [0.15, 0.2) is 0 Å². The van der Waals surface area contributed by atoms with Crippen molar-refractivity contribution in [1.29, 1.82) is 0 Å². The second kappa shape index (κ2) is 30.1. The molecule has 294 valence electrons. The Morgan fingerprint density at radius 3 is 1.23 bits per heavy atom. The molecule has 2 atom stereocenters. The van der Waals surface area contributed by atoms with Crippen LogP contribution in [-0.2, 0) is 37.7 Å². The van der Waals surface area contributed by atoms with E-state index in [1.807, 2.05) is 24.3 Å². The van der Waals surface area contributed by atoms with Gasteiger partial charge in [-0.15, -0.1) is 0 Å². The highest BCUT2D eigenvalue weighted by atomic mass is 32.1. The molecular formula is C40H68B2O8S2. The average molecular weight is 763 g/mol. The van der Waals surface area contributed by atoms with Gasteiger partial charge in [0, 0.05) is 12.8 Å². The molecule has 0 bridgehead atoms. The lowest BCUT2D eigenvalue weighted by Crippen LogP contribution is -2.37. The van der Waals surface area contributed by atoms with Gasteiger partial charge in [0.1, 0.15) is 0 Å². The molecule has 0 aromatic heterocycles. The number of hydrogen-bond donors (Lipinski definition) is 2. The molecule has 2 unspecified atom stereocenters. The maximum atomic E-state index is 12.0. The van der Waals surface area contributed by atoms with Gasteiger partial charge in [-0.1, -0.05) is 101 Å². The SMILES string of the molecule is O=C(CCCCCCCCCCS)OCCCCC1COB(c2ccc(B3OCC(CCCCOC(=O)CCCCCCCCCCS)O3)cc2)O1. The van der Waals surface area contributed by atoms with Gasteiger partial charge in [-0.2, -0.15) is 25.3 Å². The normalized spacial score (nSPS) is 17.3. The van der Waals surface area contributed by atoms with Crippen molar-refractivity contribution in [2.75, 3.05) is 37.9 Å². The van der Waals surface area contributed by atoms with Gasteiger partial charge in [0.25, 0.3) is 0 Å². The summed E-state index contributed by atoms with van der Waals surface area (Å²) >= 11 is 8.51. The van der Waals surface area contributed by atoms with Crippen molar-refractivity contribution in [1.82, 2.24) is 0 Å². The Labute approximate surface area is 327 Å². The fraction of sp³-hybridized carbons (Fsp3) is 0.800. The summed E-state index contributed by atoms with van der Waals surface area (Å²) in [6.07, 6.45) is 25.6. The van der Waals surface area contributed by atoms with Crippen molar-refractivity contribution in [3.63, 3.8) is 0 Å². The third kappa shape index (κ3) is 21.1. The number of esters is 2. The van der Waals surface area contributed by atoms with Crippen molar-refractivity contribution in [2.45, 2.75) is 166 Å². The van der Waals surface area contributed by atoms with Crippen molar-refractivity contribution in [3.05, 3.63) is 24.3 Å². The Balaban J connectivity index is 1.14. The molecular weight excluding hydrogens is 694 g/mol. The lowest BCUT2D eigenvalue weighted by molar-refractivity contribution is -0.144. The molecule has 12 heteroatoms. The van der Waals surface area contributed by atoms with Crippen molar-refractivity contribution >= 4 is 62.4 Å². The summed E-state index contributed by atoms with van der Waals surface area (Å²) in [5.74, 6) is 1.82. The summed E-state index contributed by atoms with van der Waals surface area (Å²) in [7, 11) is -0.750. The first-order valence-corrected chi connectivity index (χ1v) is 22.0. The molecule has 0 N–H and O–H groups in total. The molecule has 2 aliphatic rings. The smallest absolute Gasteiger partial charge is 0.466 e. The van der Waals surface area contributed by atoms with Crippen LogP contribution in [0.5, 0.6) is 0 Å². The molecule has 1 aromatic rings. The lowest BCUT2D eigenvalue weighted by Gasteiger charge is -2.11. The minimum atomic E-state index is -0.375. The molecule has 0 amide bonds. The van der Waals surface area contributed by atoms with E-state index in [9.17, 15) is 9.59 Å². The van der Waals surface area contributed by atoms with Crippen LogP contribution in [0, 0.1) is 0 Å². The number of ether oxygens (including phenoxy) is 2. The second-order valence-electron chi connectivity index (χ2n) is 14.5. The number of rotatable bonds is 32. The van der Waals surface area contributed by atoms with E-state index in [1.54, 1.807) is 0 Å². The predicted molar refractivity (Wildman–Crippen MR) is 219 cm³/mol. The zero-order chi connectivity index (χ0) is 36.9. The Morgan fingerprint density at radius 1 is 0.519 bits per heavy atom. The maximum absolute atomic E-state index is 12.0. The summed E-state index contributed by atoms with van der Waals surface area (Å²) in [6, 6.07) is 8.09. The topological polar surface area (TPSA) is 89.5 Å². The molecule has 2 fully saturated rings. The van der Waals surface area contributed by atoms with Gasteiger partial charge in [0.05, 0.1) is 38.6 Å². The first kappa shape index (κ1) is 45.2. The van der Waals surface area contributed by atoms with Gasteiger partial charge in [0.2, 0.25) is 0 Å². The van der Waals surface area contributed by atoms with Crippen LogP contribution in [0.25, 0.3) is 0 Å². The lowest BCUT2D eigenvalue weighted by atomic mass is 9.74. The Kier molecular flexibility index (Phi) is 26.2. The van der Waals surface area contributed by atoms with Crippen LogP contribution in [0.3, 0.4) is 0 Å². The fourth-order valence-electron chi connectivity index (χ4n) is 6.71. The molecule has 8 nitrogen and oxygen atoms in total. The summed E-state index contributed by atoms with van der Waals surface area (Å²) in [5.41, 5.74) is 1.96. The third-order valence-corrected chi connectivity index (χ3v) is 10.6. The predicted octanol–water partition coefficient (Wildman–Crippen LogP) is 8.22. The fourth-order valence-corrected chi connectivity index (χ4v) is 7.15. The number of carbonyl (C=O) groups excluding carboxylic acids is 2. The average Bonchev–Trinajstić information content (AvgIpc) is 3.84. The van der Waals surface area contributed by atoms with Gasteiger partial charge in [-0.3, -0.25) is 9.59 Å². The van der Waals surface area contributed by atoms with E-state index in [4.69, 9.17) is 28.1 Å². The van der Waals surface area contributed by atoms with Gasteiger partial charge < -0.3 is 28.1 Å². The van der Waals surface area contributed by atoms with E-state index in [2.05, 4.69) is 25.3 Å². The number of hydrogen-bond acceptors (Lipinski definition) is 10. The minimum Gasteiger partial charge on any atom is -0.466 e. The molecule has 2 aliphatic heterocycles. The van der Waals surface area contributed by atoms with Crippen LogP contribution in [0.4, 0.5) is 0 Å². The van der Waals surface area contributed by atoms with E-state index in [0.29, 0.717) is 39.3 Å². The molecule has 1 aromatic carbocycles. The highest BCUT2D eigenvalue weighted by Gasteiger charge is 2.35. The third-order valence-electron chi connectivity index (χ3n) is 9.92. The summed E-state index contributed by atoms with van der Waals surface area (Å²) in [5, 5.41) is 0. The zero-order valence-corrected chi connectivity index (χ0v) is 33.8. The molecule has 0 spiro atoms. The van der Waals surface area contributed by atoms with Crippen LogP contribution < -0.4 is 10.9 Å². The first-order chi connectivity index (χ1) is 25.6. The van der Waals surface area contributed by atoms with Crippen LogP contribution in [0.15, 0.2) is 24.3 Å². The summed E-state index contributed by atoms with van der Waals surface area (Å²) in [6.45, 7) is 2.08. The van der Waals surface area contributed by atoms with Crippen molar-refractivity contribution < 1.29 is 37.7 Å². The minimum absolute atomic E-state index is 0.0435. The van der Waals surface area contributed by atoms with E-state index in [0.717, 1.165) is 86.6 Å². The number of thiol groups is 2. The standard InChI is InChI=1S/C40H68B2O8S2/c43-39(23-13-9-5-1-3-7-11-19-31-51)45-29-17-15-21-37-33-47-41(49-37)35-25-27-36(28-26-35)42-48-34-38(50-42)22-16-18-30-46-40(44)24-14-10-6-2-4-8-12-20-32-52/h25-28,37-38,51-52H,1-24,29-34H2. The Hall–Kier alpha value is -1.17. The summed E-state index contributed by atoms with van der Waals surface area (Å²) < 4.78 is 35.1. The Morgan fingerprint density at radius 2 is 0.865 bits per heavy atom. The molecule has 2 saturated heterocycles. The van der Waals surface area contributed by atoms with Crippen LogP contribution >= 0.6 is 25.3 Å². The van der Waals surface area contributed by atoms with E-state index in [-0.39, 0.29) is 38.4 Å². The van der Waals surface area contributed by atoms with Crippen LogP contribution in [-0.4, -0.2) is 76.3 Å². The van der Waals surface area contributed by atoms with Crippen LogP contribution in [0.1, 0.15) is 154 Å². The van der Waals surface area contributed by atoms with E-state index < -0.39 is 0 Å². The number of benzene rings is 1. The van der Waals surface area contributed by atoms with Gasteiger partial charge in [-0.05, 0) is 86.6 Å². The highest BCUT2D eigenvalue weighted by molar-refractivity contribution is 7.80. The molecule has 0 aliphatic carbocycles. The van der Waals surface area contributed by atoms with Crippen LogP contribution in [0.2, 0.25) is 0 Å².